The number of hydrogen-bond acceptors (Lipinski definition) is 7. The molecule has 1 aliphatic rings. The molecule has 8 nitrogen and oxygen atoms in total. The second-order valence-corrected chi connectivity index (χ2v) is 8.35. The number of halogens is 3. The first-order valence-corrected chi connectivity index (χ1v) is 10.1. The van der Waals surface area contributed by atoms with Crippen LogP contribution in [0.1, 0.15) is 38.6 Å². The fourth-order valence-corrected chi connectivity index (χ4v) is 3.16. The highest BCUT2D eigenvalue weighted by Gasteiger charge is 2.40. The predicted molar refractivity (Wildman–Crippen MR) is 108 cm³/mol. The second kappa shape index (κ2) is 8.69. The van der Waals surface area contributed by atoms with Gasteiger partial charge >= 0.3 is 11.6 Å². The van der Waals surface area contributed by atoms with E-state index < -0.39 is 24.0 Å². The molecule has 0 unspecified atom stereocenters. The maximum atomic E-state index is 14.0. The van der Waals surface area contributed by atoms with Crippen molar-refractivity contribution in [2.45, 2.75) is 45.1 Å². The molecule has 0 N–H and O–H groups in total. The number of fused-ring (bicyclic) bond motifs is 1. The third kappa shape index (κ3) is 5.24. The van der Waals surface area contributed by atoms with E-state index in [0.29, 0.717) is 28.4 Å². The lowest BCUT2D eigenvalue weighted by atomic mass is 9.96. The van der Waals surface area contributed by atoms with Crippen LogP contribution in [-0.2, 0) is 23.5 Å². The van der Waals surface area contributed by atoms with Crippen molar-refractivity contribution in [1.82, 2.24) is 25.0 Å². The lowest BCUT2D eigenvalue weighted by Gasteiger charge is -2.21. The van der Waals surface area contributed by atoms with E-state index in [0.717, 1.165) is 0 Å². The Morgan fingerprint density at radius 1 is 1.13 bits per heavy atom. The van der Waals surface area contributed by atoms with Gasteiger partial charge in [0.05, 0.1) is 13.1 Å². The zero-order valence-corrected chi connectivity index (χ0v) is 18.0. The summed E-state index contributed by atoms with van der Waals surface area (Å²) in [6.45, 7) is 5.72. The van der Waals surface area contributed by atoms with Gasteiger partial charge in [-0.25, -0.2) is 23.1 Å². The third-order valence-corrected chi connectivity index (χ3v) is 4.68. The summed E-state index contributed by atoms with van der Waals surface area (Å²) in [5.41, 5.74) is 0.713. The number of aromatic nitrogens is 5. The van der Waals surface area contributed by atoms with Crippen LogP contribution in [0.25, 0.3) is 11.2 Å². The monoisotopic (exact) mass is 454 g/mol. The Labute approximate surface area is 180 Å². The fraction of sp³-hybridized carbons (Fsp3) is 0.474. The molecule has 31 heavy (non-hydrogen) atoms. The van der Waals surface area contributed by atoms with Gasteiger partial charge in [-0.2, -0.15) is 13.2 Å². The van der Waals surface area contributed by atoms with Crippen molar-refractivity contribution in [3.05, 3.63) is 41.5 Å². The molecule has 1 aromatic carbocycles. The highest BCUT2D eigenvalue weighted by Crippen LogP contribution is 2.33. The standard InChI is InChI=1S/C19H21F3N6.O2S/c1-18(2,3)17-23-15-14(16(24-17)27-9-8-19(21,22)11-27)25-28(26-15)10-12-6-4-5-7-13(12)20;1-3-2/h4-7H,8-11H2,1-3H3;. The number of alkyl halides is 2. The van der Waals surface area contributed by atoms with Gasteiger partial charge in [0.2, 0.25) is 5.65 Å². The zero-order chi connectivity index (χ0) is 22.8. The fourth-order valence-electron chi connectivity index (χ4n) is 3.16. The van der Waals surface area contributed by atoms with E-state index in [9.17, 15) is 13.2 Å². The number of nitrogens with zero attached hydrogens (tertiary/aromatic N) is 6. The summed E-state index contributed by atoms with van der Waals surface area (Å²) in [6.07, 6.45) is -0.229. The molecule has 2 aromatic heterocycles. The van der Waals surface area contributed by atoms with Crippen molar-refractivity contribution in [2.24, 2.45) is 0 Å². The highest BCUT2D eigenvalue weighted by molar-refractivity contribution is 7.51. The van der Waals surface area contributed by atoms with E-state index in [1.807, 2.05) is 20.8 Å². The van der Waals surface area contributed by atoms with E-state index in [1.165, 1.54) is 15.8 Å². The molecule has 0 bridgehead atoms. The maximum absolute atomic E-state index is 14.0. The average Bonchev–Trinajstić information content (AvgIpc) is 3.25. The van der Waals surface area contributed by atoms with Crippen LogP contribution < -0.4 is 4.90 Å². The number of rotatable bonds is 3. The summed E-state index contributed by atoms with van der Waals surface area (Å²) in [5, 5.41) is 8.76. The van der Waals surface area contributed by atoms with E-state index in [1.54, 1.807) is 18.2 Å². The molecule has 12 heteroatoms. The minimum atomic E-state index is -2.76. The lowest BCUT2D eigenvalue weighted by Crippen LogP contribution is -2.27. The molecule has 0 amide bonds. The van der Waals surface area contributed by atoms with Crippen molar-refractivity contribution < 1.29 is 21.6 Å². The van der Waals surface area contributed by atoms with Gasteiger partial charge in [0.15, 0.2) is 11.3 Å². The molecule has 166 valence electrons. The molecule has 0 saturated carbocycles. The first-order chi connectivity index (χ1) is 14.5. The molecular weight excluding hydrogens is 433 g/mol. The molecule has 4 rings (SSSR count). The Morgan fingerprint density at radius 3 is 2.39 bits per heavy atom. The SMILES string of the molecule is CC(C)(C)c1nc(N2CCC(F)(F)C2)c2nn(Cc3ccccc3F)nc2n1.O=S=O. The van der Waals surface area contributed by atoms with Crippen LogP contribution in [0.2, 0.25) is 0 Å². The number of anilines is 1. The Morgan fingerprint density at radius 2 is 1.81 bits per heavy atom. The van der Waals surface area contributed by atoms with Crippen molar-refractivity contribution in [3.8, 4) is 0 Å². The Kier molecular flexibility index (Phi) is 6.39. The van der Waals surface area contributed by atoms with Crippen LogP contribution in [0.15, 0.2) is 24.3 Å². The normalized spacial score (nSPS) is 15.6. The summed E-state index contributed by atoms with van der Waals surface area (Å²) >= 11 is -0.750. The maximum Gasteiger partial charge on any atom is 0.335 e. The number of hydrogen-bond donors (Lipinski definition) is 0. The average molecular weight is 454 g/mol. The van der Waals surface area contributed by atoms with Crippen molar-refractivity contribution >= 4 is 28.6 Å². The molecule has 0 spiro atoms. The Hall–Kier alpha value is -2.89. The third-order valence-electron chi connectivity index (χ3n) is 4.68. The van der Waals surface area contributed by atoms with Crippen LogP contribution in [0.3, 0.4) is 0 Å². The number of benzene rings is 1. The smallest absolute Gasteiger partial charge is 0.335 e. The van der Waals surface area contributed by atoms with Crippen LogP contribution in [-0.4, -0.2) is 52.4 Å². The minimum Gasteiger partial charge on any atom is -0.348 e. The first kappa shape index (κ1) is 22.8. The molecule has 1 aliphatic heterocycles. The van der Waals surface area contributed by atoms with Crippen LogP contribution in [0.4, 0.5) is 19.0 Å². The summed E-state index contributed by atoms with van der Waals surface area (Å²) in [6, 6.07) is 6.36. The molecule has 3 aromatic rings. The predicted octanol–water partition coefficient (Wildman–Crippen LogP) is 2.88. The lowest BCUT2D eigenvalue weighted by molar-refractivity contribution is 0.0257. The molecule has 0 atom stereocenters. The van der Waals surface area contributed by atoms with Crippen molar-refractivity contribution in [1.29, 1.82) is 0 Å². The topological polar surface area (TPSA) is 93.9 Å². The van der Waals surface area contributed by atoms with Gasteiger partial charge in [-0.1, -0.05) is 39.0 Å². The Balaban J connectivity index is 0.000000858. The van der Waals surface area contributed by atoms with Crippen LogP contribution in [0.5, 0.6) is 0 Å². The summed E-state index contributed by atoms with van der Waals surface area (Å²) in [5.74, 6) is -2.26. The molecule has 0 radical (unpaired) electrons. The molecule has 3 heterocycles. The van der Waals surface area contributed by atoms with Gasteiger partial charge < -0.3 is 4.90 Å². The quantitative estimate of drug-likeness (QED) is 0.601. The van der Waals surface area contributed by atoms with E-state index >= 15 is 0 Å². The first-order valence-electron chi connectivity index (χ1n) is 9.45. The van der Waals surface area contributed by atoms with Crippen LogP contribution in [0, 0.1) is 5.82 Å². The minimum absolute atomic E-state index is 0.115. The van der Waals surface area contributed by atoms with Gasteiger partial charge in [0.25, 0.3) is 5.92 Å². The van der Waals surface area contributed by atoms with E-state index in [4.69, 9.17) is 8.42 Å². The summed E-state index contributed by atoms with van der Waals surface area (Å²) in [4.78, 5) is 11.9. The second-order valence-electron chi connectivity index (χ2n) is 8.21. The molecule has 1 fully saturated rings. The van der Waals surface area contributed by atoms with E-state index in [2.05, 4.69) is 20.2 Å². The van der Waals surface area contributed by atoms with Gasteiger partial charge in [0.1, 0.15) is 11.6 Å². The molecular formula is C19H21F3N6O2S. The van der Waals surface area contributed by atoms with Crippen LogP contribution >= 0.6 is 0 Å². The van der Waals surface area contributed by atoms with Gasteiger partial charge in [0, 0.05) is 23.9 Å². The van der Waals surface area contributed by atoms with Gasteiger partial charge in [-0.05, 0) is 6.07 Å². The van der Waals surface area contributed by atoms with E-state index in [-0.39, 0.29) is 30.7 Å². The largest absolute Gasteiger partial charge is 0.348 e. The Bertz CT molecular complexity index is 1130. The molecule has 1 saturated heterocycles. The molecule has 0 aliphatic carbocycles. The summed E-state index contributed by atoms with van der Waals surface area (Å²) < 4.78 is 58.1. The van der Waals surface area contributed by atoms with Crippen molar-refractivity contribution in [2.75, 3.05) is 18.0 Å². The summed E-state index contributed by atoms with van der Waals surface area (Å²) in [7, 11) is 0. The van der Waals surface area contributed by atoms with Gasteiger partial charge in [-0.15, -0.1) is 10.2 Å². The zero-order valence-electron chi connectivity index (χ0n) is 17.2. The van der Waals surface area contributed by atoms with Crippen molar-refractivity contribution in [3.63, 3.8) is 0 Å². The van der Waals surface area contributed by atoms with Gasteiger partial charge in [-0.3, -0.25) is 0 Å². The highest BCUT2D eigenvalue weighted by atomic mass is 32.1.